The van der Waals surface area contributed by atoms with Crippen LogP contribution >= 0.6 is 0 Å². The van der Waals surface area contributed by atoms with Crippen LogP contribution in [0.5, 0.6) is 0 Å². The van der Waals surface area contributed by atoms with Crippen molar-refractivity contribution in [1.29, 1.82) is 0 Å². The molecule has 0 radical (unpaired) electrons. The standard InChI is InChI=1S/C22H24N2O3/c1-2-6-19(17-7-4-3-5-8-17)23-22(27)18-11-9-16(10-12-18)15-24-20(25)13-14-21(24)26/h3-5,7-12,19H,2,6,13-15H2,1H3,(H,23,27)/t19-/m1/s1. The zero-order valence-electron chi connectivity index (χ0n) is 15.5. The molecule has 5 heteroatoms. The Hall–Kier alpha value is -2.95. The third-order valence-electron chi connectivity index (χ3n) is 4.80. The molecule has 1 aliphatic heterocycles. The molecule has 1 saturated heterocycles. The smallest absolute Gasteiger partial charge is 0.251 e. The minimum Gasteiger partial charge on any atom is -0.345 e. The number of carbonyl (C=O) groups excluding carboxylic acids is 3. The molecule has 0 aliphatic carbocycles. The van der Waals surface area contributed by atoms with Crippen molar-refractivity contribution < 1.29 is 14.4 Å². The number of rotatable bonds is 7. The summed E-state index contributed by atoms with van der Waals surface area (Å²) in [6.45, 7) is 2.36. The van der Waals surface area contributed by atoms with Gasteiger partial charge in [0.25, 0.3) is 5.91 Å². The summed E-state index contributed by atoms with van der Waals surface area (Å²) in [7, 11) is 0. The van der Waals surface area contributed by atoms with E-state index in [1.165, 1.54) is 4.90 Å². The summed E-state index contributed by atoms with van der Waals surface area (Å²) in [5.41, 5.74) is 2.49. The van der Waals surface area contributed by atoms with Crippen molar-refractivity contribution in [3.05, 3.63) is 71.3 Å². The lowest BCUT2D eigenvalue weighted by Gasteiger charge is -2.19. The summed E-state index contributed by atoms with van der Waals surface area (Å²) in [6.07, 6.45) is 2.42. The first-order valence-electron chi connectivity index (χ1n) is 9.36. The first-order chi connectivity index (χ1) is 13.1. The van der Waals surface area contributed by atoms with E-state index >= 15 is 0 Å². The number of nitrogens with one attached hydrogen (secondary N) is 1. The van der Waals surface area contributed by atoms with E-state index in [1.807, 2.05) is 30.3 Å². The molecule has 0 spiro atoms. The molecule has 3 rings (SSSR count). The average Bonchev–Trinajstić information content (AvgIpc) is 3.01. The minimum atomic E-state index is -0.132. The molecule has 3 amide bonds. The van der Waals surface area contributed by atoms with Crippen molar-refractivity contribution in [3.63, 3.8) is 0 Å². The number of hydrogen-bond donors (Lipinski definition) is 1. The number of hydrogen-bond acceptors (Lipinski definition) is 3. The maximum atomic E-state index is 12.6. The number of carbonyl (C=O) groups is 3. The van der Waals surface area contributed by atoms with E-state index in [0.717, 1.165) is 24.0 Å². The third kappa shape index (κ3) is 4.61. The highest BCUT2D eigenvalue weighted by atomic mass is 16.2. The van der Waals surface area contributed by atoms with E-state index in [9.17, 15) is 14.4 Å². The second-order valence-electron chi connectivity index (χ2n) is 6.80. The molecule has 27 heavy (non-hydrogen) atoms. The van der Waals surface area contributed by atoms with E-state index in [-0.39, 0.29) is 43.1 Å². The molecule has 1 fully saturated rings. The van der Waals surface area contributed by atoms with Gasteiger partial charge < -0.3 is 5.32 Å². The van der Waals surface area contributed by atoms with Crippen LogP contribution in [0.3, 0.4) is 0 Å². The molecule has 2 aromatic carbocycles. The molecule has 5 nitrogen and oxygen atoms in total. The highest BCUT2D eigenvalue weighted by molar-refractivity contribution is 6.01. The molecule has 0 aromatic heterocycles. The topological polar surface area (TPSA) is 66.5 Å². The Bertz CT molecular complexity index is 799. The Morgan fingerprint density at radius 2 is 1.63 bits per heavy atom. The molecular formula is C22H24N2O3. The fourth-order valence-corrected chi connectivity index (χ4v) is 3.28. The summed E-state index contributed by atoms with van der Waals surface area (Å²) in [5, 5.41) is 3.10. The van der Waals surface area contributed by atoms with Crippen LogP contribution in [0.1, 0.15) is 60.1 Å². The molecule has 1 N–H and O–H groups in total. The van der Waals surface area contributed by atoms with E-state index in [0.29, 0.717) is 5.56 Å². The van der Waals surface area contributed by atoms with Gasteiger partial charge in [-0.25, -0.2) is 0 Å². The summed E-state index contributed by atoms with van der Waals surface area (Å²) in [5.74, 6) is -0.392. The predicted octanol–water partition coefficient (Wildman–Crippen LogP) is 3.61. The lowest BCUT2D eigenvalue weighted by atomic mass is 10.0. The van der Waals surface area contributed by atoms with Gasteiger partial charge in [0.2, 0.25) is 11.8 Å². The maximum Gasteiger partial charge on any atom is 0.251 e. The van der Waals surface area contributed by atoms with E-state index in [2.05, 4.69) is 12.2 Å². The summed E-state index contributed by atoms with van der Waals surface area (Å²) < 4.78 is 0. The van der Waals surface area contributed by atoms with Gasteiger partial charge in [0.15, 0.2) is 0 Å². The second kappa shape index (κ2) is 8.62. The van der Waals surface area contributed by atoms with Crippen molar-refractivity contribution in [2.75, 3.05) is 0 Å². The summed E-state index contributed by atoms with van der Waals surface area (Å²) in [4.78, 5) is 37.4. The number of likely N-dealkylation sites (tertiary alicyclic amines) is 1. The minimum absolute atomic E-state index is 0.0248. The van der Waals surface area contributed by atoms with Gasteiger partial charge in [-0.15, -0.1) is 0 Å². The fraction of sp³-hybridized carbons (Fsp3) is 0.318. The predicted molar refractivity (Wildman–Crippen MR) is 103 cm³/mol. The monoisotopic (exact) mass is 364 g/mol. The van der Waals surface area contributed by atoms with E-state index in [1.54, 1.807) is 24.3 Å². The molecule has 0 saturated carbocycles. The highest BCUT2D eigenvalue weighted by Gasteiger charge is 2.28. The Morgan fingerprint density at radius 3 is 2.22 bits per heavy atom. The zero-order chi connectivity index (χ0) is 19.2. The maximum absolute atomic E-state index is 12.6. The van der Waals surface area contributed by atoms with Crippen LogP contribution in [-0.4, -0.2) is 22.6 Å². The van der Waals surface area contributed by atoms with Gasteiger partial charge in [-0.05, 0) is 29.7 Å². The van der Waals surface area contributed by atoms with E-state index < -0.39 is 0 Å². The van der Waals surface area contributed by atoms with Gasteiger partial charge in [-0.1, -0.05) is 55.8 Å². The van der Waals surface area contributed by atoms with Gasteiger partial charge in [0.05, 0.1) is 12.6 Å². The number of benzene rings is 2. The lowest BCUT2D eigenvalue weighted by Crippen LogP contribution is -2.29. The number of imide groups is 1. The molecule has 1 aliphatic rings. The van der Waals surface area contributed by atoms with Gasteiger partial charge in [0.1, 0.15) is 0 Å². The third-order valence-corrected chi connectivity index (χ3v) is 4.80. The van der Waals surface area contributed by atoms with E-state index in [4.69, 9.17) is 0 Å². The van der Waals surface area contributed by atoms with Crippen LogP contribution in [0, 0.1) is 0 Å². The van der Waals surface area contributed by atoms with Crippen LogP contribution in [0.15, 0.2) is 54.6 Å². The lowest BCUT2D eigenvalue weighted by molar-refractivity contribution is -0.139. The summed E-state index contributed by atoms with van der Waals surface area (Å²) in [6, 6.07) is 17.0. The molecule has 1 atom stereocenters. The van der Waals surface area contributed by atoms with Gasteiger partial charge in [-0.3, -0.25) is 19.3 Å². The van der Waals surface area contributed by atoms with Crippen molar-refractivity contribution in [1.82, 2.24) is 10.2 Å². The second-order valence-corrected chi connectivity index (χ2v) is 6.80. The normalized spacial score (nSPS) is 15.1. The van der Waals surface area contributed by atoms with Crippen molar-refractivity contribution in [2.24, 2.45) is 0 Å². The molecule has 0 bridgehead atoms. The number of nitrogens with zero attached hydrogens (tertiary/aromatic N) is 1. The zero-order valence-corrected chi connectivity index (χ0v) is 15.5. The van der Waals surface area contributed by atoms with Crippen molar-refractivity contribution in [2.45, 2.75) is 45.2 Å². The largest absolute Gasteiger partial charge is 0.345 e. The average molecular weight is 364 g/mol. The van der Waals surface area contributed by atoms with Gasteiger partial charge >= 0.3 is 0 Å². The molecule has 1 heterocycles. The van der Waals surface area contributed by atoms with Crippen LogP contribution in [0.2, 0.25) is 0 Å². The Labute approximate surface area is 159 Å². The van der Waals surface area contributed by atoms with Crippen LogP contribution in [0.25, 0.3) is 0 Å². The van der Waals surface area contributed by atoms with Gasteiger partial charge in [-0.2, -0.15) is 0 Å². The fourth-order valence-electron chi connectivity index (χ4n) is 3.28. The molecule has 2 aromatic rings. The quantitative estimate of drug-likeness (QED) is 0.763. The first-order valence-corrected chi connectivity index (χ1v) is 9.36. The Balaban J connectivity index is 1.66. The van der Waals surface area contributed by atoms with Crippen LogP contribution in [-0.2, 0) is 16.1 Å². The highest BCUT2D eigenvalue weighted by Crippen LogP contribution is 2.20. The number of amides is 3. The molecule has 0 unspecified atom stereocenters. The van der Waals surface area contributed by atoms with Crippen LogP contribution in [0.4, 0.5) is 0 Å². The van der Waals surface area contributed by atoms with Crippen LogP contribution < -0.4 is 5.32 Å². The Morgan fingerprint density at radius 1 is 1.00 bits per heavy atom. The Kier molecular flexibility index (Phi) is 6.01. The van der Waals surface area contributed by atoms with Crippen molar-refractivity contribution in [3.8, 4) is 0 Å². The molecular weight excluding hydrogens is 340 g/mol. The summed E-state index contributed by atoms with van der Waals surface area (Å²) >= 11 is 0. The van der Waals surface area contributed by atoms with Crippen molar-refractivity contribution >= 4 is 17.7 Å². The first kappa shape index (κ1) is 18.8. The SMILES string of the molecule is CCC[C@@H](NC(=O)c1ccc(CN2C(=O)CCC2=O)cc1)c1ccccc1. The van der Waals surface area contributed by atoms with Gasteiger partial charge in [0, 0.05) is 18.4 Å². The molecule has 140 valence electrons.